The van der Waals surface area contributed by atoms with Crippen LogP contribution in [0.2, 0.25) is 0 Å². The monoisotopic (exact) mass is 171 g/mol. The van der Waals surface area contributed by atoms with Crippen LogP contribution in [0.15, 0.2) is 0 Å². The molecule has 3 nitrogen and oxygen atoms in total. The van der Waals surface area contributed by atoms with Crippen molar-refractivity contribution in [3.63, 3.8) is 0 Å². The van der Waals surface area contributed by atoms with Crippen molar-refractivity contribution in [2.24, 2.45) is 0 Å². The lowest BCUT2D eigenvalue weighted by atomic mass is 9.94. The number of aliphatic hydroxyl groups excluding tert-OH is 1. The molecule has 0 bridgehead atoms. The highest BCUT2D eigenvalue weighted by atomic mass is 16.5. The number of hydrogen-bond acceptors (Lipinski definition) is 3. The van der Waals surface area contributed by atoms with Gasteiger partial charge in [0.15, 0.2) is 0 Å². The summed E-state index contributed by atoms with van der Waals surface area (Å²) in [6, 6.07) is 0. The first-order chi connectivity index (χ1) is 5.86. The predicted molar refractivity (Wildman–Crippen MR) is 46.0 cm³/mol. The second-order valence-electron chi connectivity index (χ2n) is 3.81. The summed E-state index contributed by atoms with van der Waals surface area (Å²) in [7, 11) is 0. The largest absolute Gasteiger partial charge is 0.390 e. The summed E-state index contributed by atoms with van der Waals surface area (Å²) in [4.78, 5) is 0. The highest BCUT2D eigenvalue weighted by Gasteiger charge is 2.28. The summed E-state index contributed by atoms with van der Waals surface area (Å²) < 4.78 is 5.73. The van der Waals surface area contributed by atoms with Crippen molar-refractivity contribution in [2.45, 2.75) is 44.0 Å². The summed E-state index contributed by atoms with van der Waals surface area (Å²) in [5, 5.41) is 12.8. The van der Waals surface area contributed by atoms with Gasteiger partial charge in [0, 0.05) is 13.1 Å². The van der Waals surface area contributed by atoms with E-state index in [0.717, 1.165) is 32.4 Å². The van der Waals surface area contributed by atoms with Gasteiger partial charge in [-0.15, -0.1) is 0 Å². The molecule has 0 radical (unpaired) electrons. The van der Waals surface area contributed by atoms with Crippen molar-refractivity contribution < 1.29 is 9.84 Å². The molecule has 0 aromatic carbocycles. The molecule has 1 saturated heterocycles. The van der Waals surface area contributed by atoms with Gasteiger partial charge < -0.3 is 15.2 Å². The standard InChI is InChI=1S/C9H17NO2/c11-8-3-1-2-4-9(8)12-7-5-10-6-7/h7-11H,1-6H2. The van der Waals surface area contributed by atoms with Gasteiger partial charge in [0.05, 0.1) is 18.3 Å². The minimum absolute atomic E-state index is 0.117. The van der Waals surface area contributed by atoms with Crippen LogP contribution in [0.3, 0.4) is 0 Å². The van der Waals surface area contributed by atoms with Gasteiger partial charge in [0.1, 0.15) is 0 Å². The van der Waals surface area contributed by atoms with E-state index < -0.39 is 0 Å². The second kappa shape index (κ2) is 3.73. The van der Waals surface area contributed by atoms with Crippen molar-refractivity contribution in [2.75, 3.05) is 13.1 Å². The summed E-state index contributed by atoms with van der Waals surface area (Å²) in [6.07, 6.45) is 4.60. The quantitative estimate of drug-likeness (QED) is 0.627. The SMILES string of the molecule is OC1CCCCC1OC1CNC1. The molecule has 0 aromatic rings. The Morgan fingerprint density at radius 3 is 2.50 bits per heavy atom. The molecule has 1 aliphatic carbocycles. The number of hydrogen-bond donors (Lipinski definition) is 2. The van der Waals surface area contributed by atoms with Gasteiger partial charge in [0.25, 0.3) is 0 Å². The van der Waals surface area contributed by atoms with E-state index in [1.165, 1.54) is 6.42 Å². The normalized spacial score (nSPS) is 37.8. The van der Waals surface area contributed by atoms with Crippen LogP contribution in [0.25, 0.3) is 0 Å². The van der Waals surface area contributed by atoms with E-state index in [9.17, 15) is 5.11 Å². The fourth-order valence-corrected chi connectivity index (χ4v) is 1.84. The average Bonchev–Trinajstić information content (AvgIpc) is 2.00. The van der Waals surface area contributed by atoms with Crippen LogP contribution in [0.4, 0.5) is 0 Å². The lowest BCUT2D eigenvalue weighted by molar-refractivity contribution is -0.107. The molecule has 2 unspecified atom stereocenters. The highest BCUT2D eigenvalue weighted by molar-refractivity contribution is 4.81. The molecule has 3 heteroatoms. The Morgan fingerprint density at radius 2 is 1.92 bits per heavy atom. The molecule has 0 amide bonds. The summed E-state index contributed by atoms with van der Waals surface area (Å²) in [5.41, 5.74) is 0. The lowest BCUT2D eigenvalue weighted by Gasteiger charge is -2.35. The van der Waals surface area contributed by atoms with E-state index in [1.807, 2.05) is 0 Å². The van der Waals surface area contributed by atoms with E-state index in [4.69, 9.17) is 4.74 Å². The van der Waals surface area contributed by atoms with Crippen LogP contribution >= 0.6 is 0 Å². The van der Waals surface area contributed by atoms with E-state index in [-0.39, 0.29) is 12.2 Å². The zero-order valence-electron chi connectivity index (χ0n) is 7.33. The predicted octanol–water partition coefficient (Wildman–Crippen LogP) is 0.278. The minimum atomic E-state index is -0.209. The Bertz CT molecular complexity index is 147. The van der Waals surface area contributed by atoms with Crippen LogP contribution in [0.1, 0.15) is 25.7 Å². The van der Waals surface area contributed by atoms with Gasteiger partial charge in [-0.25, -0.2) is 0 Å². The fourth-order valence-electron chi connectivity index (χ4n) is 1.84. The Morgan fingerprint density at radius 1 is 1.17 bits per heavy atom. The van der Waals surface area contributed by atoms with Gasteiger partial charge in [-0.2, -0.15) is 0 Å². The van der Waals surface area contributed by atoms with E-state index >= 15 is 0 Å². The summed E-state index contributed by atoms with van der Waals surface area (Å²) in [6.45, 7) is 1.92. The molecule has 1 heterocycles. The Labute approximate surface area is 73.1 Å². The van der Waals surface area contributed by atoms with Crippen molar-refractivity contribution in [3.05, 3.63) is 0 Å². The van der Waals surface area contributed by atoms with Crippen molar-refractivity contribution in [3.8, 4) is 0 Å². The summed E-state index contributed by atoms with van der Waals surface area (Å²) in [5.74, 6) is 0. The molecule has 2 atom stereocenters. The van der Waals surface area contributed by atoms with Gasteiger partial charge >= 0.3 is 0 Å². The van der Waals surface area contributed by atoms with Crippen molar-refractivity contribution in [1.29, 1.82) is 0 Å². The highest BCUT2D eigenvalue weighted by Crippen LogP contribution is 2.22. The van der Waals surface area contributed by atoms with Crippen molar-refractivity contribution >= 4 is 0 Å². The van der Waals surface area contributed by atoms with Crippen LogP contribution in [0.5, 0.6) is 0 Å². The van der Waals surface area contributed by atoms with Crippen molar-refractivity contribution in [1.82, 2.24) is 5.32 Å². The Hall–Kier alpha value is -0.120. The van der Waals surface area contributed by atoms with Gasteiger partial charge in [-0.05, 0) is 12.8 Å². The van der Waals surface area contributed by atoms with Gasteiger partial charge in [-0.3, -0.25) is 0 Å². The topological polar surface area (TPSA) is 41.5 Å². The molecular formula is C9H17NO2. The smallest absolute Gasteiger partial charge is 0.0839 e. The molecule has 1 aliphatic heterocycles. The van der Waals surface area contributed by atoms with E-state index in [1.54, 1.807) is 0 Å². The molecule has 70 valence electrons. The molecule has 2 aliphatic rings. The first-order valence-electron chi connectivity index (χ1n) is 4.90. The molecular weight excluding hydrogens is 154 g/mol. The minimum Gasteiger partial charge on any atom is -0.390 e. The van der Waals surface area contributed by atoms with E-state index in [0.29, 0.717) is 6.10 Å². The van der Waals surface area contributed by atoms with Gasteiger partial charge in [0.2, 0.25) is 0 Å². The molecule has 2 fully saturated rings. The zero-order chi connectivity index (χ0) is 8.39. The Balaban J connectivity index is 1.76. The van der Waals surface area contributed by atoms with Crippen LogP contribution in [-0.2, 0) is 4.74 Å². The number of aliphatic hydroxyl groups is 1. The lowest BCUT2D eigenvalue weighted by Crippen LogP contribution is -2.51. The third-order valence-corrected chi connectivity index (χ3v) is 2.78. The maximum absolute atomic E-state index is 9.59. The van der Waals surface area contributed by atoms with Gasteiger partial charge in [-0.1, -0.05) is 12.8 Å². The molecule has 1 saturated carbocycles. The third kappa shape index (κ3) is 1.79. The maximum atomic E-state index is 9.59. The molecule has 2 rings (SSSR count). The number of nitrogens with one attached hydrogen (secondary N) is 1. The Kier molecular flexibility index (Phi) is 2.63. The maximum Gasteiger partial charge on any atom is 0.0839 e. The average molecular weight is 171 g/mol. The molecule has 0 aromatic heterocycles. The molecule has 0 spiro atoms. The number of rotatable bonds is 2. The second-order valence-corrected chi connectivity index (χ2v) is 3.81. The van der Waals surface area contributed by atoms with Crippen LogP contribution in [-0.4, -0.2) is 36.5 Å². The van der Waals surface area contributed by atoms with Crippen LogP contribution in [0, 0.1) is 0 Å². The molecule has 12 heavy (non-hydrogen) atoms. The zero-order valence-corrected chi connectivity index (χ0v) is 7.33. The fraction of sp³-hybridized carbons (Fsp3) is 1.00. The summed E-state index contributed by atoms with van der Waals surface area (Å²) >= 11 is 0. The third-order valence-electron chi connectivity index (χ3n) is 2.78. The van der Waals surface area contributed by atoms with E-state index in [2.05, 4.69) is 5.32 Å². The van der Waals surface area contributed by atoms with Crippen LogP contribution < -0.4 is 5.32 Å². The first kappa shape index (κ1) is 8.48. The first-order valence-corrected chi connectivity index (χ1v) is 4.90. The number of ether oxygens (including phenoxy) is 1. The molecule has 2 N–H and O–H groups in total.